The number of alkyl halides is 3. The highest BCUT2D eigenvalue weighted by atomic mass is 19.4. The van der Waals surface area contributed by atoms with Crippen molar-refractivity contribution < 1.29 is 23.4 Å². The van der Waals surface area contributed by atoms with Crippen molar-refractivity contribution >= 4 is 0 Å². The molecule has 0 radical (unpaired) electrons. The number of halogens is 3. The number of hydrogen-bond acceptors (Lipinski definition) is 2. The minimum Gasteiger partial charge on any atom is -0.393 e. The van der Waals surface area contributed by atoms with E-state index < -0.39 is 11.8 Å². The van der Waals surface area contributed by atoms with Gasteiger partial charge in [0.2, 0.25) is 0 Å². The molecule has 4 aliphatic rings. The predicted molar refractivity (Wildman–Crippen MR) is 125 cm³/mol. The predicted octanol–water partition coefficient (Wildman–Crippen LogP) is 7.37. The molecule has 0 aliphatic heterocycles. The molecule has 4 saturated carbocycles. The van der Waals surface area contributed by atoms with Gasteiger partial charge in [-0.05, 0) is 123 Å². The normalized spacial score (nSPS) is 47.5. The van der Waals surface area contributed by atoms with Gasteiger partial charge in [0.15, 0.2) is 5.60 Å². The SMILES string of the molecule is CC(C)[C@H](O)CC[C@H](C)[C@@H]1CC[C@H]2[C@@H]3CC[C@H]4C[C@](O)(C(F)(F)F)CC[C@]4(C)[C@H]3CC[C@@]21C. The van der Waals surface area contributed by atoms with Crippen molar-refractivity contribution in [3.63, 3.8) is 0 Å². The van der Waals surface area contributed by atoms with Crippen molar-refractivity contribution in [3.8, 4) is 0 Å². The van der Waals surface area contributed by atoms with Gasteiger partial charge in [-0.25, -0.2) is 0 Å². The van der Waals surface area contributed by atoms with Gasteiger partial charge in [0.25, 0.3) is 0 Å². The molecule has 0 aromatic carbocycles. The molecule has 0 heterocycles. The summed E-state index contributed by atoms with van der Waals surface area (Å²) in [5, 5.41) is 20.7. The second-order valence-electron chi connectivity index (χ2n) is 13.5. The third-order valence-electron chi connectivity index (χ3n) is 11.7. The zero-order valence-corrected chi connectivity index (χ0v) is 21.4. The molecule has 5 heteroatoms. The Kier molecular flexibility index (Phi) is 6.78. The third kappa shape index (κ3) is 4.19. The van der Waals surface area contributed by atoms with E-state index in [4.69, 9.17) is 0 Å². The molecule has 33 heavy (non-hydrogen) atoms. The Balaban J connectivity index is 1.47. The van der Waals surface area contributed by atoms with E-state index in [1.54, 1.807) is 0 Å². The Labute approximate surface area is 199 Å². The van der Waals surface area contributed by atoms with Gasteiger partial charge in [0, 0.05) is 0 Å². The van der Waals surface area contributed by atoms with Crippen LogP contribution in [0, 0.1) is 52.3 Å². The Morgan fingerprint density at radius 3 is 2.15 bits per heavy atom. The molecule has 4 aliphatic carbocycles. The number of fused-ring (bicyclic) bond motifs is 5. The van der Waals surface area contributed by atoms with Gasteiger partial charge in [0.1, 0.15) is 0 Å². The summed E-state index contributed by atoms with van der Waals surface area (Å²) in [4.78, 5) is 0. The first-order valence-corrected chi connectivity index (χ1v) is 13.7. The van der Waals surface area contributed by atoms with Crippen LogP contribution in [-0.4, -0.2) is 28.1 Å². The van der Waals surface area contributed by atoms with Crippen LogP contribution in [0.2, 0.25) is 0 Å². The van der Waals surface area contributed by atoms with Crippen LogP contribution < -0.4 is 0 Å². The molecular formula is C28H47F3O2. The Hall–Kier alpha value is -0.290. The molecule has 0 spiro atoms. The van der Waals surface area contributed by atoms with Crippen molar-refractivity contribution in [2.45, 2.75) is 123 Å². The van der Waals surface area contributed by atoms with E-state index in [-0.39, 0.29) is 30.3 Å². The summed E-state index contributed by atoms with van der Waals surface area (Å²) >= 11 is 0. The van der Waals surface area contributed by atoms with E-state index >= 15 is 0 Å². The molecule has 4 fully saturated rings. The minimum absolute atomic E-state index is 0.0166. The monoisotopic (exact) mass is 472 g/mol. The molecule has 2 nitrogen and oxygen atoms in total. The Bertz CT molecular complexity index is 708. The molecule has 0 aromatic rings. The van der Waals surface area contributed by atoms with Crippen LogP contribution in [0.5, 0.6) is 0 Å². The first-order valence-electron chi connectivity index (χ1n) is 13.7. The van der Waals surface area contributed by atoms with Crippen molar-refractivity contribution in [3.05, 3.63) is 0 Å². The summed E-state index contributed by atoms with van der Waals surface area (Å²) in [5.41, 5.74) is -2.22. The first kappa shape index (κ1) is 25.8. The number of hydrogen-bond donors (Lipinski definition) is 2. The van der Waals surface area contributed by atoms with Gasteiger partial charge in [-0.2, -0.15) is 13.2 Å². The van der Waals surface area contributed by atoms with Crippen LogP contribution in [0.25, 0.3) is 0 Å². The summed E-state index contributed by atoms with van der Waals surface area (Å²) in [6, 6.07) is 0. The maximum absolute atomic E-state index is 13.6. The average Bonchev–Trinajstić information content (AvgIpc) is 3.08. The minimum atomic E-state index is -4.52. The highest BCUT2D eigenvalue weighted by molar-refractivity contribution is 5.11. The molecule has 0 saturated heterocycles. The van der Waals surface area contributed by atoms with Crippen LogP contribution in [0.15, 0.2) is 0 Å². The molecule has 0 aromatic heterocycles. The summed E-state index contributed by atoms with van der Waals surface area (Å²) < 4.78 is 40.7. The van der Waals surface area contributed by atoms with Gasteiger partial charge in [-0.15, -0.1) is 0 Å². The molecule has 192 valence electrons. The van der Waals surface area contributed by atoms with Gasteiger partial charge >= 0.3 is 6.18 Å². The van der Waals surface area contributed by atoms with E-state index in [9.17, 15) is 23.4 Å². The maximum Gasteiger partial charge on any atom is 0.417 e. The average molecular weight is 473 g/mol. The maximum atomic E-state index is 13.6. The lowest BCUT2D eigenvalue weighted by atomic mass is 9.43. The number of aliphatic hydroxyl groups is 2. The van der Waals surface area contributed by atoms with Crippen LogP contribution >= 0.6 is 0 Å². The van der Waals surface area contributed by atoms with Crippen LogP contribution in [-0.2, 0) is 0 Å². The lowest BCUT2D eigenvalue weighted by molar-refractivity contribution is -0.290. The summed E-state index contributed by atoms with van der Waals surface area (Å²) in [6.45, 7) is 11.3. The highest BCUT2D eigenvalue weighted by Gasteiger charge is 2.65. The summed E-state index contributed by atoms with van der Waals surface area (Å²) in [6.07, 6.45) is 4.20. The molecule has 0 bridgehead atoms. The lowest BCUT2D eigenvalue weighted by Gasteiger charge is -2.62. The zero-order chi connectivity index (χ0) is 24.4. The van der Waals surface area contributed by atoms with Gasteiger partial charge in [-0.3, -0.25) is 0 Å². The van der Waals surface area contributed by atoms with E-state index in [1.807, 2.05) is 0 Å². The second kappa shape index (κ2) is 8.68. The smallest absolute Gasteiger partial charge is 0.393 e. The van der Waals surface area contributed by atoms with Crippen molar-refractivity contribution in [2.75, 3.05) is 0 Å². The fourth-order valence-corrected chi connectivity index (χ4v) is 9.45. The highest BCUT2D eigenvalue weighted by Crippen LogP contribution is 2.69. The Morgan fingerprint density at radius 1 is 0.848 bits per heavy atom. The van der Waals surface area contributed by atoms with E-state index in [0.717, 1.165) is 32.1 Å². The van der Waals surface area contributed by atoms with Crippen molar-refractivity contribution in [1.29, 1.82) is 0 Å². The molecule has 0 amide bonds. The van der Waals surface area contributed by atoms with E-state index in [2.05, 4.69) is 34.6 Å². The van der Waals surface area contributed by atoms with Crippen molar-refractivity contribution in [1.82, 2.24) is 0 Å². The van der Waals surface area contributed by atoms with E-state index in [1.165, 1.54) is 19.3 Å². The Morgan fingerprint density at radius 2 is 1.52 bits per heavy atom. The van der Waals surface area contributed by atoms with Gasteiger partial charge < -0.3 is 10.2 Å². The van der Waals surface area contributed by atoms with Crippen LogP contribution in [0.3, 0.4) is 0 Å². The van der Waals surface area contributed by atoms with Gasteiger partial charge in [0.05, 0.1) is 6.10 Å². The quantitative estimate of drug-likeness (QED) is 0.438. The first-order chi connectivity index (χ1) is 15.2. The van der Waals surface area contributed by atoms with Crippen molar-refractivity contribution in [2.24, 2.45) is 52.3 Å². The molecule has 0 unspecified atom stereocenters. The fraction of sp³-hybridized carbons (Fsp3) is 1.00. The number of rotatable bonds is 5. The summed E-state index contributed by atoms with van der Waals surface area (Å²) in [5.74, 6) is 3.39. The third-order valence-corrected chi connectivity index (χ3v) is 11.7. The number of aliphatic hydroxyl groups excluding tert-OH is 1. The van der Waals surface area contributed by atoms with E-state index in [0.29, 0.717) is 47.3 Å². The molecule has 10 atom stereocenters. The fourth-order valence-electron chi connectivity index (χ4n) is 9.45. The van der Waals surface area contributed by atoms with Gasteiger partial charge in [-0.1, -0.05) is 34.6 Å². The molecule has 4 rings (SSSR count). The summed E-state index contributed by atoms with van der Waals surface area (Å²) in [7, 11) is 0. The molecule has 2 N–H and O–H groups in total. The second-order valence-corrected chi connectivity index (χ2v) is 13.5. The lowest BCUT2D eigenvalue weighted by Crippen LogP contribution is -2.59. The van der Waals surface area contributed by atoms with Crippen LogP contribution in [0.4, 0.5) is 13.2 Å². The topological polar surface area (TPSA) is 40.5 Å². The molecular weight excluding hydrogens is 425 g/mol. The zero-order valence-electron chi connectivity index (χ0n) is 21.4. The largest absolute Gasteiger partial charge is 0.417 e. The van der Waals surface area contributed by atoms with Crippen LogP contribution in [0.1, 0.15) is 105 Å². The standard InChI is InChI=1S/C28H47F3O2/c1-17(2)24(32)11-6-18(3)21-9-10-22-20-8-7-19-16-27(33,28(29,30)31)15-14-25(19,4)23(20)12-13-26(21,22)5/h17-24,32-33H,6-16H2,1-5H3/t18-,19-,20-,21-,22-,23-,24+,25-,26+,27-/m0/s1.